The lowest BCUT2D eigenvalue weighted by atomic mass is 10.1. The summed E-state index contributed by atoms with van der Waals surface area (Å²) in [6, 6.07) is 6.93. The largest absolute Gasteiger partial charge is 0.480 e. The van der Waals surface area contributed by atoms with Gasteiger partial charge in [-0.15, -0.1) is 0 Å². The van der Waals surface area contributed by atoms with Crippen molar-refractivity contribution in [3.05, 3.63) is 40.9 Å². The molecule has 1 aromatic carbocycles. The first kappa shape index (κ1) is 14.3. The molecule has 1 aromatic rings. The molecule has 96 valence electrons. The topological polar surface area (TPSA) is 66.4 Å². The smallest absolute Gasteiger partial charge is 0.328 e. The van der Waals surface area contributed by atoms with Crippen molar-refractivity contribution in [3.63, 3.8) is 0 Å². The highest BCUT2D eigenvalue weighted by Gasteiger charge is 2.27. The van der Waals surface area contributed by atoms with Crippen LogP contribution in [-0.4, -0.2) is 22.5 Å². The van der Waals surface area contributed by atoms with Crippen molar-refractivity contribution in [1.82, 2.24) is 5.32 Å². The Labute approximate surface area is 110 Å². The molecule has 5 heteroatoms. The van der Waals surface area contributed by atoms with E-state index in [1.807, 2.05) is 0 Å². The molecule has 0 atom stereocenters. The minimum Gasteiger partial charge on any atom is -0.480 e. The summed E-state index contributed by atoms with van der Waals surface area (Å²) in [7, 11) is 0. The monoisotopic (exact) mass is 267 g/mol. The lowest BCUT2D eigenvalue weighted by Gasteiger charge is -2.19. The fourth-order valence-corrected chi connectivity index (χ4v) is 1.27. The van der Waals surface area contributed by atoms with Gasteiger partial charge in [-0.05, 0) is 37.6 Å². The van der Waals surface area contributed by atoms with Crippen LogP contribution in [0.15, 0.2) is 30.3 Å². The van der Waals surface area contributed by atoms with E-state index in [1.165, 1.54) is 19.9 Å². The molecular weight excluding hydrogens is 254 g/mol. The zero-order chi connectivity index (χ0) is 13.8. The van der Waals surface area contributed by atoms with E-state index in [9.17, 15) is 9.59 Å². The van der Waals surface area contributed by atoms with Crippen molar-refractivity contribution in [1.29, 1.82) is 0 Å². The highest BCUT2D eigenvalue weighted by Crippen LogP contribution is 2.10. The number of aliphatic carboxylic acids is 1. The molecule has 0 bridgehead atoms. The second-order valence-electron chi connectivity index (χ2n) is 4.30. The molecule has 0 saturated carbocycles. The van der Waals surface area contributed by atoms with Gasteiger partial charge in [-0.25, -0.2) is 4.79 Å². The molecule has 2 N–H and O–H groups in total. The quantitative estimate of drug-likeness (QED) is 0.823. The van der Waals surface area contributed by atoms with Crippen LogP contribution in [0.3, 0.4) is 0 Å². The Kier molecular flexibility index (Phi) is 4.50. The number of nitrogens with one attached hydrogen (secondary N) is 1. The van der Waals surface area contributed by atoms with Gasteiger partial charge in [0.25, 0.3) is 0 Å². The Hall–Kier alpha value is -1.81. The molecule has 4 nitrogen and oxygen atoms in total. The van der Waals surface area contributed by atoms with Crippen LogP contribution in [0.4, 0.5) is 0 Å². The SMILES string of the molecule is CC(C)(NC(=O)C=Cc1ccc(Cl)cc1)C(=O)O. The van der Waals surface area contributed by atoms with Gasteiger partial charge in [-0.1, -0.05) is 23.7 Å². The summed E-state index contributed by atoms with van der Waals surface area (Å²) in [6.45, 7) is 2.84. The third-order valence-electron chi connectivity index (χ3n) is 2.27. The lowest BCUT2D eigenvalue weighted by Crippen LogP contribution is -2.49. The van der Waals surface area contributed by atoms with Gasteiger partial charge in [-0.3, -0.25) is 4.79 Å². The fraction of sp³-hybridized carbons (Fsp3) is 0.231. The average Bonchev–Trinajstić information content (AvgIpc) is 2.27. The van der Waals surface area contributed by atoms with E-state index in [0.717, 1.165) is 5.56 Å². The van der Waals surface area contributed by atoms with Crippen LogP contribution in [0.2, 0.25) is 5.02 Å². The molecule has 0 unspecified atom stereocenters. The summed E-state index contributed by atoms with van der Waals surface area (Å²) in [6.07, 6.45) is 2.87. The molecule has 0 radical (unpaired) electrons. The van der Waals surface area contributed by atoms with Gasteiger partial charge in [0, 0.05) is 11.1 Å². The van der Waals surface area contributed by atoms with E-state index < -0.39 is 17.4 Å². The second kappa shape index (κ2) is 5.69. The van der Waals surface area contributed by atoms with Gasteiger partial charge >= 0.3 is 5.97 Å². The number of halogens is 1. The third-order valence-corrected chi connectivity index (χ3v) is 2.52. The summed E-state index contributed by atoms with van der Waals surface area (Å²) < 4.78 is 0. The van der Waals surface area contributed by atoms with Gasteiger partial charge in [0.05, 0.1) is 0 Å². The molecule has 0 saturated heterocycles. The summed E-state index contributed by atoms with van der Waals surface area (Å²) >= 11 is 5.73. The molecule has 0 aliphatic carbocycles. The minimum absolute atomic E-state index is 0.461. The van der Waals surface area contributed by atoms with Crippen molar-refractivity contribution in [3.8, 4) is 0 Å². The number of carbonyl (C=O) groups excluding carboxylic acids is 1. The maximum Gasteiger partial charge on any atom is 0.328 e. The molecule has 0 aromatic heterocycles. The van der Waals surface area contributed by atoms with E-state index >= 15 is 0 Å². The Morgan fingerprint density at radius 1 is 1.28 bits per heavy atom. The van der Waals surface area contributed by atoms with Gasteiger partial charge in [0.1, 0.15) is 5.54 Å². The predicted octanol–water partition coefficient (Wildman–Crippen LogP) is 2.33. The average molecular weight is 268 g/mol. The zero-order valence-electron chi connectivity index (χ0n) is 10.1. The maximum atomic E-state index is 11.5. The van der Waals surface area contributed by atoms with Crippen molar-refractivity contribution in [2.24, 2.45) is 0 Å². The normalized spacial score (nSPS) is 11.5. The van der Waals surface area contributed by atoms with Crippen LogP contribution < -0.4 is 5.32 Å². The second-order valence-corrected chi connectivity index (χ2v) is 4.74. The molecule has 18 heavy (non-hydrogen) atoms. The predicted molar refractivity (Wildman–Crippen MR) is 70.3 cm³/mol. The Balaban J connectivity index is 2.65. The number of carboxylic acids is 1. The standard InChI is InChI=1S/C13H14ClNO3/c1-13(2,12(17)18)15-11(16)8-5-9-3-6-10(14)7-4-9/h3-8H,1-2H3,(H,15,16)(H,17,18). The lowest BCUT2D eigenvalue weighted by molar-refractivity contribution is -0.145. The van der Waals surface area contributed by atoms with Gasteiger partial charge < -0.3 is 10.4 Å². The van der Waals surface area contributed by atoms with Crippen LogP contribution in [0.5, 0.6) is 0 Å². The number of carbonyl (C=O) groups is 2. The van der Waals surface area contributed by atoms with Crippen LogP contribution >= 0.6 is 11.6 Å². The van der Waals surface area contributed by atoms with Crippen LogP contribution in [0.1, 0.15) is 19.4 Å². The molecule has 0 heterocycles. The number of hydrogen-bond donors (Lipinski definition) is 2. The van der Waals surface area contributed by atoms with E-state index in [1.54, 1.807) is 30.3 Å². The number of amides is 1. The molecule has 0 aliphatic heterocycles. The van der Waals surface area contributed by atoms with Crippen molar-refractivity contribution in [2.75, 3.05) is 0 Å². The first-order valence-corrected chi connectivity index (χ1v) is 5.68. The summed E-state index contributed by atoms with van der Waals surface area (Å²) in [5.41, 5.74) is -0.482. The Morgan fingerprint density at radius 2 is 1.83 bits per heavy atom. The molecule has 0 spiro atoms. The molecule has 1 rings (SSSR count). The Bertz CT molecular complexity index is 478. The number of benzene rings is 1. The van der Waals surface area contributed by atoms with Crippen LogP contribution in [-0.2, 0) is 9.59 Å². The van der Waals surface area contributed by atoms with E-state index in [-0.39, 0.29) is 0 Å². The molecule has 0 fully saturated rings. The molecule has 1 amide bonds. The number of carboxylic acid groups (broad SMARTS) is 1. The van der Waals surface area contributed by atoms with Crippen LogP contribution in [0, 0.1) is 0 Å². The fourth-order valence-electron chi connectivity index (χ4n) is 1.15. The maximum absolute atomic E-state index is 11.5. The first-order chi connectivity index (χ1) is 8.31. The van der Waals surface area contributed by atoms with E-state index in [2.05, 4.69) is 5.32 Å². The van der Waals surface area contributed by atoms with E-state index in [0.29, 0.717) is 5.02 Å². The van der Waals surface area contributed by atoms with Crippen molar-refractivity contribution in [2.45, 2.75) is 19.4 Å². The summed E-state index contributed by atoms with van der Waals surface area (Å²) in [5, 5.41) is 11.9. The minimum atomic E-state index is -1.29. The Morgan fingerprint density at radius 3 is 2.33 bits per heavy atom. The highest BCUT2D eigenvalue weighted by molar-refractivity contribution is 6.30. The van der Waals surface area contributed by atoms with E-state index in [4.69, 9.17) is 16.7 Å². The third kappa shape index (κ3) is 4.22. The summed E-state index contributed by atoms with van der Waals surface area (Å²) in [4.78, 5) is 22.3. The molecule has 0 aliphatic rings. The summed E-state index contributed by atoms with van der Waals surface area (Å²) in [5.74, 6) is -1.55. The zero-order valence-corrected chi connectivity index (χ0v) is 10.9. The van der Waals surface area contributed by atoms with Crippen molar-refractivity contribution < 1.29 is 14.7 Å². The van der Waals surface area contributed by atoms with Crippen LogP contribution in [0.25, 0.3) is 6.08 Å². The van der Waals surface area contributed by atoms with Crippen molar-refractivity contribution >= 4 is 29.6 Å². The number of hydrogen-bond acceptors (Lipinski definition) is 2. The number of rotatable bonds is 4. The highest BCUT2D eigenvalue weighted by atomic mass is 35.5. The van der Waals surface area contributed by atoms with Gasteiger partial charge in [-0.2, -0.15) is 0 Å². The van der Waals surface area contributed by atoms with Gasteiger partial charge in [0.2, 0.25) is 5.91 Å². The van der Waals surface area contributed by atoms with Gasteiger partial charge in [0.15, 0.2) is 0 Å². The first-order valence-electron chi connectivity index (χ1n) is 5.30. The molecular formula is C13H14ClNO3.